The summed E-state index contributed by atoms with van der Waals surface area (Å²) in [7, 11) is 0. The van der Waals surface area contributed by atoms with Crippen LogP contribution in [0.25, 0.3) is 11.4 Å². The molecule has 1 aromatic carbocycles. The molecule has 0 bridgehead atoms. The number of benzene rings is 1. The highest BCUT2D eigenvalue weighted by atomic mass is 35.5. The fourth-order valence-electron chi connectivity index (χ4n) is 1.99. The highest BCUT2D eigenvalue weighted by Gasteiger charge is 2.13. The Morgan fingerprint density at radius 3 is 2.57 bits per heavy atom. The number of halogens is 2. The van der Waals surface area contributed by atoms with Crippen LogP contribution in [0.4, 0.5) is 4.39 Å². The van der Waals surface area contributed by atoms with Crippen molar-refractivity contribution in [1.82, 2.24) is 19.9 Å². The van der Waals surface area contributed by atoms with Crippen molar-refractivity contribution >= 4 is 11.6 Å². The lowest BCUT2D eigenvalue weighted by Crippen LogP contribution is -2.04. The van der Waals surface area contributed by atoms with Gasteiger partial charge >= 0.3 is 0 Å². The SMILES string of the molecule is Cc1nn(Cc2nc(-c3ccc(F)cc3)no2)c(C)c1Cl. The molecular weight excluding hydrogens is 295 g/mol. The standard InChI is InChI=1S/C14H12ClFN4O/c1-8-13(15)9(2)20(18-8)7-12-17-14(19-21-12)10-3-5-11(16)6-4-10/h3-6H,7H2,1-2H3. The highest BCUT2D eigenvalue weighted by Crippen LogP contribution is 2.20. The van der Waals surface area contributed by atoms with E-state index < -0.39 is 0 Å². The maximum Gasteiger partial charge on any atom is 0.248 e. The van der Waals surface area contributed by atoms with Crippen molar-refractivity contribution in [2.75, 3.05) is 0 Å². The molecule has 2 aromatic heterocycles. The van der Waals surface area contributed by atoms with Crippen molar-refractivity contribution in [3.05, 3.63) is 52.4 Å². The summed E-state index contributed by atoms with van der Waals surface area (Å²) >= 11 is 6.10. The molecular formula is C14H12ClFN4O. The lowest BCUT2D eigenvalue weighted by Gasteiger charge is -1.99. The van der Waals surface area contributed by atoms with Gasteiger partial charge in [0.15, 0.2) is 0 Å². The Bertz CT molecular complexity index is 779. The average Bonchev–Trinajstić information content (AvgIpc) is 3.02. The van der Waals surface area contributed by atoms with Crippen LogP contribution >= 0.6 is 11.6 Å². The maximum atomic E-state index is 12.9. The predicted molar refractivity (Wildman–Crippen MR) is 75.5 cm³/mol. The van der Waals surface area contributed by atoms with Crippen LogP contribution in [0.15, 0.2) is 28.8 Å². The van der Waals surface area contributed by atoms with Crippen LogP contribution in [0.3, 0.4) is 0 Å². The van der Waals surface area contributed by atoms with Crippen molar-refractivity contribution in [2.24, 2.45) is 0 Å². The molecule has 7 heteroatoms. The Morgan fingerprint density at radius 2 is 1.95 bits per heavy atom. The molecule has 0 N–H and O–H groups in total. The Kier molecular flexibility index (Phi) is 3.47. The van der Waals surface area contributed by atoms with Gasteiger partial charge in [-0.3, -0.25) is 4.68 Å². The minimum Gasteiger partial charge on any atom is -0.337 e. The van der Waals surface area contributed by atoms with E-state index in [1.54, 1.807) is 16.8 Å². The van der Waals surface area contributed by atoms with Crippen LogP contribution < -0.4 is 0 Å². The Hall–Kier alpha value is -2.21. The van der Waals surface area contributed by atoms with E-state index >= 15 is 0 Å². The van der Waals surface area contributed by atoms with Gasteiger partial charge in [0, 0.05) is 5.56 Å². The fraction of sp³-hybridized carbons (Fsp3) is 0.214. The zero-order valence-electron chi connectivity index (χ0n) is 11.5. The van der Waals surface area contributed by atoms with Gasteiger partial charge in [-0.2, -0.15) is 10.1 Å². The summed E-state index contributed by atoms with van der Waals surface area (Å²) < 4.78 is 19.8. The third-order valence-electron chi connectivity index (χ3n) is 3.15. The van der Waals surface area contributed by atoms with E-state index in [0.717, 1.165) is 11.4 Å². The number of aromatic nitrogens is 4. The topological polar surface area (TPSA) is 56.7 Å². The average molecular weight is 307 g/mol. The van der Waals surface area contributed by atoms with Gasteiger partial charge in [-0.1, -0.05) is 16.8 Å². The van der Waals surface area contributed by atoms with Crippen molar-refractivity contribution in [3.8, 4) is 11.4 Å². The minimum absolute atomic E-state index is 0.306. The van der Waals surface area contributed by atoms with Crippen LogP contribution in [-0.2, 0) is 6.54 Å². The van der Waals surface area contributed by atoms with Crippen molar-refractivity contribution in [1.29, 1.82) is 0 Å². The third-order valence-corrected chi connectivity index (χ3v) is 3.70. The summed E-state index contributed by atoms with van der Waals surface area (Å²) in [4.78, 5) is 4.28. The van der Waals surface area contributed by atoms with E-state index in [1.807, 2.05) is 13.8 Å². The fourth-order valence-corrected chi connectivity index (χ4v) is 2.13. The third kappa shape index (κ3) is 2.67. The van der Waals surface area contributed by atoms with Gasteiger partial charge in [0.25, 0.3) is 0 Å². The van der Waals surface area contributed by atoms with Crippen LogP contribution in [0, 0.1) is 19.7 Å². The molecule has 0 saturated heterocycles. The molecule has 2 heterocycles. The molecule has 3 aromatic rings. The second-order valence-corrected chi connectivity index (χ2v) is 5.04. The molecule has 0 spiro atoms. The normalized spacial score (nSPS) is 11.0. The zero-order chi connectivity index (χ0) is 15.0. The zero-order valence-corrected chi connectivity index (χ0v) is 12.2. The number of hydrogen-bond donors (Lipinski definition) is 0. The number of nitrogens with zero attached hydrogens (tertiary/aromatic N) is 4. The van der Waals surface area contributed by atoms with Gasteiger partial charge in [-0.15, -0.1) is 0 Å². The summed E-state index contributed by atoms with van der Waals surface area (Å²) in [5.74, 6) is 0.522. The second kappa shape index (κ2) is 5.29. The van der Waals surface area contributed by atoms with E-state index in [4.69, 9.17) is 16.1 Å². The van der Waals surface area contributed by atoms with Crippen molar-refractivity contribution < 1.29 is 8.91 Å². The molecule has 108 valence electrons. The van der Waals surface area contributed by atoms with E-state index in [-0.39, 0.29) is 5.82 Å². The molecule has 0 atom stereocenters. The molecule has 0 amide bonds. The lowest BCUT2D eigenvalue weighted by atomic mass is 10.2. The number of hydrogen-bond acceptors (Lipinski definition) is 4. The molecule has 21 heavy (non-hydrogen) atoms. The summed E-state index contributed by atoms with van der Waals surface area (Å²) in [6, 6.07) is 5.91. The molecule has 0 unspecified atom stereocenters. The van der Waals surface area contributed by atoms with Gasteiger partial charge in [0.1, 0.15) is 12.4 Å². The first-order valence-corrected chi connectivity index (χ1v) is 6.70. The first-order chi connectivity index (χ1) is 10.0. The molecule has 0 aliphatic rings. The molecule has 0 fully saturated rings. The summed E-state index contributed by atoms with van der Waals surface area (Å²) in [6.45, 7) is 4.05. The Labute approximate surface area is 125 Å². The van der Waals surface area contributed by atoms with Crippen LogP contribution in [-0.4, -0.2) is 19.9 Å². The first-order valence-electron chi connectivity index (χ1n) is 6.32. The van der Waals surface area contributed by atoms with Crippen molar-refractivity contribution in [3.63, 3.8) is 0 Å². The number of aryl methyl sites for hydroxylation is 1. The molecule has 5 nitrogen and oxygen atoms in total. The summed E-state index contributed by atoms with van der Waals surface area (Å²) in [5.41, 5.74) is 2.29. The largest absolute Gasteiger partial charge is 0.337 e. The molecule has 0 aliphatic carbocycles. The monoisotopic (exact) mass is 306 g/mol. The van der Waals surface area contributed by atoms with Crippen molar-refractivity contribution in [2.45, 2.75) is 20.4 Å². The van der Waals surface area contributed by atoms with E-state index in [2.05, 4.69) is 15.2 Å². The first kappa shape index (κ1) is 13.8. The molecule has 0 aliphatic heterocycles. The van der Waals surface area contributed by atoms with E-state index in [9.17, 15) is 4.39 Å². The summed E-state index contributed by atoms with van der Waals surface area (Å²) in [5, 5.41) is 8.83. The Balaban J connectivity index is 1.85. The molecule has 0 radical (unpaired) electrons. The predicted octanol–water partition coefficient (Wildman–Crippen LogP) is 3.39. The Morgan fingerprint density at radius 1 is 1.24 bits per heavy atom. The maximum absolute atomic E-state index is 12.9. The van der Waals surface area contributed by atoms with E-state index in [1.165, 1.54) is 12.1 Å². The van der Waals surface area contributed by atoms with E-state index in [0.29, 0.717) is 28.8 Å². The molecule has 3 rings (SSSR count). The van der Waals surface area contributed by atoms with Crippen LogP contribution in [0.5, 0.6) is 0 Å². The summed E-state index contributed by atoms with van der Waals surface area (Å²) in [6.07, 6.45) is 0. The smallest absolute Gasteiger partial charge is 0.248 e. The quantitative estimate of drug-likeness (QED) is 0.744. The van der Waals surface area contributed by atoms with Gasteiger partial charge in [0.05, 0.1) is 16.4 Å². The minimum atomic E-state index is -0.306. The molecule has 0 saturated carbocycles. The highest BCUT2D eigenvalue weighted by molar-refractivity contribution is 6.31. The lowest BCUT2D eigenvalue weighted by molar-refractivity contribution is 0.364. The van der Waals surface area contributed by atoms with Gasteiger partial charge in [-0.05, 0) is 38.1 Å². The van der Waals surface area contributed by atoms with Crippen LogP contribution in [0.2, 0.25) is 5.02 Å². The van der Waals surface area contributed by atoms with Gasteiger partial charge in [-0.25, -0.2) is 4.39 Å². The van der Waals surface area contributed by atoms with Crippen LogP contribution in [0.1, 0.15) is 17.3 Å². The van der Waals surface area contributed by atoms with Gasteiger partial charge in [0.2, 0.25) is 11.7 Å². The van der Waals surface area contributed by atoms with Gasteiger partial charge < -0.3 is 4.52 Å². The number of rotatable bonds is 3. The second-order valence-electron chi connectivity index (χ2n) is 4.66.